The van der Waals surface area contributed by atoms with Crippen molar-refractivity contribution in [3.05, 3.63) is 11.8 Å². The van der Waals surface area contributed by atoms with E-state index in [-0.39, 0.29) is 5.91 Å². The van der Waals surface area contributed by atoms with Crippen LogP contribution in [0.1, 0.15) is 32.1 Å². The van der Waals surface area contributed by atoms with Crippen molar-refractivity contribution in [3.8, 4) is 0 Å². The van der Waals surface area contributed by atoms with Crippen LogP contribution in [-0.2, 0) is 4.79 Å². The highest BCUT2D eigenvalue weighted by molar-refractivity contribution is 5.79. The first-order chi connectivity index (χ1) is 8.66. The van der Waals surface area contributed by atoms with Gasteiger partial charge in [0.25, 0.3) is 0 Å². The van der Waals surface area contributed by atoms with Gasteiger partial charge >= 0.3 is 0 Å². The van der Waals surface area contributed by atoms with Crippen molar-refractivity contribution in [2.45, 2.75) is 38.1 Å². The largest absolute Gasteiger partial charge is 0.318 e. The van der Waals surface area contributed by atoms with Crippen molar-refractivity contribution in [2.75, 3.05) is 33.7 Å². The van der Waals surface area contributed by atoms with Gasteiger partial charge in [-0.2, -0.15) is 0 Å². The smallest absolute Gasteiger partial charge is 0.240 e. The number of rotatable bonds is 5. The number of hydrogen-bond donors (Lipinski definition) is 1. The molecule has 1 atom stereocenters. The van der Waals surface area contributed by atoms with Crippen molar-refractivity contribution in [2.24, 2.45) is 0 Å². The van der Waals surface area contributed by atoms with E-state index in [4.69, 9.17) is 0 Å². The van der Waals surface area contributed by atoms with Gasteiger partial charge in [-0.1, -0.05) is 6.08 Å². The maximum atomic E-state index is 12.1. The predicted molar refractivity (Wildman–Crippen MR) is 73.2 cm³/mol. The van der Waals surface area contributed by atoms with Crippen LogP contribution in [0.15, 0.2) is 11.8 Å². The molecule has 0 aromatic rings. The summed E-state index contributed by atoms with van der Waals surface area (Å²) in [5, 5.41) is 3.47. The zero-order valence-electron chi connectivity index (χ0n) is 11.6. The fourth-order valence-electron chi connectivity index (χ4n) is 2.81. The SMILES string of the molecule is CN(CC(=O)N(C)C1=CCCC1)CC1CCCN1. The second-order valence-electron chi connectivity index (χ2n) is 5.53. The molecule has 0 bridgehead atoms. The van der Waals surface area contributed by atoms with E-state index < -0.39 is 0 Å². The average molecular weight is 251 g/mol. The fraction of sp³-hybridized carbons (Fsp3) is 0.786. The van der Waals surface area contributed by atoms with Crippen LogP contribution in [-0.4, -0.2) is 55.5 Å². The molecule has 1 fully saturated rings. The molecule has 1 aliphatic heterocycles. The molecule has 1 unspecified atom stereocenters. The third kappa shape index (κ3) is 3.56. The number of nitrogens with one attached hydrogen (secondary N) is 1. The Kier molecular flexibility index (Phi) is 4.78. The van der Waals surface area contributed by atoms with Gasteiger partial charge in [-0.25, -0.2) is 0 Å². The highest BCUT2D eigenvalue weighted by atomic mass is 16.2. The lowest BCUT2D eigenvalue weighted by Crippen LogP contribution is -2.41. The average Bonchev–Trinajstić information content (AvgIpc) is 2.99. The van der Waals surface area contributed by atoms with Crippen molar-refractivity contribution < 1.29 is 4.79 Å². The lowest BCUT2D eigenvalue weighted by atomic mass is 10.2. The molecular formula is C14H25N3O. The van der Waals surface area contributed by atoms with Crippen molar-refractivity contribution in [1.29, 1.82) is 0 Å². The van der Waals surface area contributed by atoms with E-state index in [0.717, 1.165) is 25.9 Å². The molecule has 102 valence electrons. The summed E-state index contributed by atoms with van der Waals surface area (Å²) in [7, 11) is 3.94. The van der Waals surface area contributed by atoms with Crippen LogP contribution in [0.4, 0.5) is 0 Å². The van der Waals surface area contributed by atoms with Gasteiger partial charge in [-0.15, -0.1) is 0 Å². The molecule has 0 radical (unpaired) electrons. The number of allylic oxidation sites excluding steroid dienone is 2. The zero-order chi connectivity index (χ0) is 13.0. The second-order valence-corrected chi connectivity index (χ2v) is 5.53. The number of likely N-dealkylation sites (N-methyl/N-ethyl adjacent to an activating group) is 2. The minimum absolute atomic E-state index is 0.212. The Bertz CT molecular complexity index is 321. The first kappa shape index (κ1) is 13.6. The summed E-state index contributed by atoms with van der Waals surface area (Å²) in [6.45, 7) is 2.61. The molecule has 1 heterocycles. The topological polar surface area (TPSA) is 35.6 Å². The van der Waals surface area contributed by atoms with Gasteiger partial charge in [-0.05, 0) is 45.7 Å². The van der Waals surface area contributed by atoms with Crippen molar-refractivity contribution in [1.82, 2.24) is 15.1 Å². The third-order valence-corrected chi connectivity index (χ3v) is 3.92. The Hall–Kier alpha value is -0.870. The minimum atomic E-state index is 0.212. The Morgan fingerprint density at radius 1 is 1.44 bits per heavy atom. The number of hydrogen-bond acceptors (Lipinski definition) is 3. The lowest BCUT2D eigenvalue weighted by molar-refractivity contribution is -0.129. The van der Waals surface area contributed by atoms with Crippen LogP contribution in [0.3, 0.4) is 0 Å². The summed E-state index contributed by atoms with van der Waals surface area (Å²) in [5.41, 5.74) is 1.20. The molecule has 1 saturated heterocycles. The molecule has 2 rings (SSSR count). The maximum Gasteiger partial charge on any atom is 0.240 e. The first-order valence-electron chi connectivity index (χ1n) is 7.04. The predicted octanol–water partition coefficient (Wildman–Crippen LogP) is 1.20. The summed E-state index contributed by atoms with van der Waals surface area (Å²) in [5.74, 6) is 0.212. The normalized spacial score (nSPS) is 23.5. The molecule has 1 N–H and O–H groups in total. The highest BCUT2D eigenvalue weighted by Gasteiger charge is 2.20. The first-order valence-corrected chi connectivity index (χ1v) is 7.04. The Balaban J connectivity index is 1.75. The number of carbonyl (C=O) groups is 1. The third-order valence-electron chi connectivity index (χ3n) is 3.92. The van der Waals surface area contributed by atoms with Gasteiger partial charge in [0, 0.05) is 25.3 Å². The molecule has 1 amide bonds. The van der Waals surface area contributed by atoms with Crippen LogP contribution in [0.25, 0.3) is 0 Å². The van der Waals surface area contributed by atoms with Gasteiger partial charge in [0.15, 0.2) is 0 Å². The molecule has 1 aliphatic carbocycles. The molecule has 2 aliphatic rings. The van der Waals surface area contributed by atoms with Crippen LogP contribution >= 0.6 is 0 Å². The van der Waals surface area contributed by atoms with E-state index in [0.29, 0.717) is 12.6 Å². The quantitative estimate of drug-likeness (QED) is 0.797. The molecular weight excluding hydrogens is 226 g/mol. The highest BCUT2D eigenvalue weighted by Crippen LogP contribution is 2.20. The number of carbonyl (C=O) groups excluding carboxylic acids is 1. The minimum Gasteiger partial charge on any atom is -0.318 e. The zero-order valence-corrected chi connectivity index (χ0v) is 11.6. The molecule has 18 heavy (non-hydrogen) atoms. The van der Waals surface area contributed by atoms with Crippen molar-refractivity contribution in [3.63, 3.8) is 0 Å². The van der Waals surface area contributed by atoms with E-state index >= 15 is 0 Å². The van der Waals surface area contributed by atoms with Gasteiger partial charge in [0.2, 0.25) is 5.91 Å². The standard InChI is InChI=1S/C14H25N3O/c1-16(10-12-6-5-9-15-12)11-14(18)17(2)13-7-3-4-8-13/h7,12,15H,3-6,8-11H2,1-2H3. The molecule has 4 heteroatoms. The maximum absolute atomic E-state index is 12.1. The van der Waals surface area contributed by atoms with Gasteiger partial charge in [0.1, 0.15) is 0 Å². The van der Waals surface area contributed by atoms with Crippen LogP contribution in [0, 0.1) is 0 Å². The monoisotopic (exact) mass is 251 g/mol. The van der Waals surface area contributed by atoms with Gasteiger partial charge in [0.05, 0.1) is 6.54 Å². The van der Waals surface area contributed by atoms with Gasteiger partial charge < -0.3 is 10.2 Å². The van der Waals surface area contributed by atoms with Crippen LogP contribution in [0.5, 0.6) is 0 Å². The molecule has 0 aromatic heterocycles. The summed E-state index contributed by atoms with van der Waals surface area (Å²) in [6.07, 6.45) is 8.05. The molecule has 0 saturated carbocycles. The molecule has 0 aromatic carbocycles. The van der Waals surface area contributed by atoms with Crippen molar-refractivity contribution >= 4 is 5.91 Å². The number of amides is 1. The molecule has 4 nitrogen and oxygen atoms in total. The van der Waals surface area contributed by atoms with Crippen LogP contribution < -0.4 is 5.32 Å². The second kappa shape index (κ2) is 6.34. The Labute approximate surface area is 110 Å². The Morgan fingerprint density at radius 2 is 2.28 bits per heavy atom. The van der Waals surface area contributed by atoms with E-state index in [2.05, 4.69) is 16.3 Å². The van der Waals surface area contributed by atoms with E-state index in [1.54, 1.807) is 0 Å². The van der Waals surface area contributed by atoms with E-state index in [9.17, 15) is 4.79 Å². The fourth-order valence-corrected chi connectivity index (χ4v) is 2.81. The Morgan fingerprint density at radius 3 is 2.89 bits per heavy atom. The van der Waals surface area contributed by atoms with Gasteiger partial charge in [-0.3, -0.25) is 9.69 Å². The summed E-state index contributed by atoms with van der Waals surface area (Å²) >= 11 is 0. The van der Waals surface area contributed by atoms with E-state index in [1.165, 1.54) is 25.0 Å². The summed E-state index contributed by atoms with van der Waals surface area (Å²) in [6, 6.07) is 0.568. The molecule has 0 spiro atoms. The van der Waals surface area contributed by atoms with Crippen LogP contribution in [0.2, 0.25) is 0 Å². The van der Waals surface area contributed by atoms with E-state index in [1.807, 2.05) is 19.0 Å². The lowest BCUT2D eigenvalue weighted by Gasteiger charge is -2.24. The summed E-state index contributed by atoms with van der Waals surface area (Å²) in [4.78, 5) is 16.1. The number of nitrogens with zero attached hydrogens (tertiary/aromatic N) is 2. The summed E-state index contributed by atoms with van der Waals surface area (Å²) < 4.78 is 0.